The van der Waals surface area contributed by atoms with Crippen molar-refractivity contribution in [2.75, 3.05) is 0 Å². The third-order valence-electron chi connectivity index (χ3n) is 3.20. The lowest BCUT2D eigenvalue weighted by Crippen LogP contribution is -2.22. The molecule has 1 aromatic rings. The van der Waals surface area contributed by atoms with Gasteiger partial charge in [0.1, 0.15) is 0 Å². The van der Waals surface area contributed by atoms with Crippen LogP contribution in [0.3, 0.4) is 0 Å². The molecule has 0 aromatic heterocycles. The largest absolute Gasteiger partial charge is 0.392 e. The molecule has 1 N–H and O–H groups in total. The number of benzene rings is 1. The van der Waals surface area contributed by atoms with Crippen LogP contribution < -0.4 is 0 Å². The highest BCUT2D eigenvalue weighted by molar-refractivity contribution is 5.33. The van der Waals surface area contributed by atoms with Gasteiger partial charge < -0.3 is 5.11 Å². The second-order valence-corrected chi connectivity index (χ2v) is 4.19. The van der Waals surface area contributed by atoms with E-state index in [9.17, 15) is 5.11 Å². The summed E-state index contributed by atoms with van der Waals surface area (Å²) in [6.45, 7) is 0. The lowest BCUT2D eigenvalue weighted by atomic mass is 9.81. The van der Waals surface area contributed by atoms with Crippen molar-refractivity contribution in [2.45, 2.75) is 37.7 Å². The summed E-state index contributed by atoms with van der Waals surface area (Å²) in [4.78, 5) is 0. The van der Waals surface area contributed by atoms with Gasteiger partial charge in [-0.05, 0) is 30.5 Å². The van der Waals surface area contributed by atoms with Crippen LogP contribution in [0.2, 0.25) is 0 Å². The van der Waals surface area contributed by atoms with E-state index in [-0.39, 0.29) is 12.0 Å². The number of nitrogens with zero attached hydrogens (tertiary/aromatic N) is 1. The van der Waals surface area contributed by atoms with E-state index in [0.29, 0.717) is 5.56 Å². The average Bonchev–Trinajstić information content (AvgIpc) is 2.30. The van der Waals surface area contributed by atoms with Crippen LogP contribution in [-0.2, 0) is 0 Å². The number of hydrogen-bond acceptors (Lipinski definition) is 2. The second-order valence-electron chi connectivity index (χ2n) is 4.19. The Morgan fingerprint density at radius 1 is 1.13 bits per heavy atom. The molecule has 0 heterocycles. The van der Waals surface area contributed by atoms with Crippen molar-refractivity contribution in [1.82, 2.24) is 0 Å². The second kappa shape index (κ2) is 4.46. The van der Waals surface area contributed by atoms with Gasteiger partial charge in [0.15, 0.2) is 0 Å². The molecule has 1 fully saturated rings. The molecule has 1 aromatic carbocycles. The summed E-state index contributed by atoms with van der Waals surface area (Å²) in [5.41, 5.74) is 1.85. The molecule has 2 nitrogen and oxygen atoms in total. The molecular weight excluding hydrogens is 186 g/mol. The molecule has 15 heavy (non-hydrogen) atoms. The van der Waals surface area contributed by atoms with Gasteiger partial charge in [0.05, 0.1) is 17.7 Å². The fourth-order valence-electron chi connectivity index (χ4n) is 2.30. The minimum absolute atomic E-state index is 0.202. The Balaban J connectivity index is 2.18. The molecule has 1 aliphatic carbocycles. The van der Waals surface area contributed by atoms with Gasteiger partial charge >= 0.3 is 0 Å². The monoisotopic (exact) mass is 201 g/mol. The maximum absolute atomic E-state index is 9.88. The highest BCUT2D eigenvalue weighted by atomic mass is 16.3. The number of aliphatic hydroxyl groups is 1. The van der Waals surface area contributed by atoms with Crippen molar-refractivity contribution in [3.63, 3.8) is 0 Å². The number of nitriles is 1. The van der Waals surface area contributed by atoms with Gasteiger partial charge in [0.2, 0.25) is 0 Å². The zero-order chi connectivity index (χ0) is 10.7. The SMILES string of the molecule is N#Cc1ccc(C2CCCCC2O)cc1. The zero-order valence-electron chi connectivity index (χ0n) is 8.69. The van der Waals surface area contributed by atoms with Gasteiger partial charge in [0, 0.05) is 5.92 Å². The van der Waals surface area contributed by atoms with Crippen LogP contribution in [0.25, 0.3) is 0 Å². The van der Waals surface area contributed by atoms with Crippen molar-refractivity contribution >= 4 is 0 Å². The van der Waals surface area contributed by atoms with Crippen LogP contribution >= 0.6 is 0 Å². The lowest BCUT2D eigenvalue weighted by molar-refractivity contribution is 0.106. The fraction of sp³-hybridized carbons (Fsp3) is 0.462. The maximum Gasteiger partial charge on any atom is 0.0991 e. The lowest BCUT2D eigenvalue weighted by Gasteiger charge is -2.27. The molecule has 0 bridgehead atoms. The first-order chi connectivity index (χ1) is 7.31. The fourth-order valence-corrected chi connectivity index (χ4v) is 2.30. The first kappa shape index (κ1) is 10.2. The molecule has 2 unspecified atom stereocenters. The van der Waals surface area contributed by atoms with Crippen LogP contribution in [0.15, 0.2) is 24.3 Å². The molecule has 78 valence electrons. The summed E-state index contributed by atoms with van der Waals surface area (Å²) in [5.74, 6) is 0.270. The molecule has 0 radical (unpaired) electrons. The van der Waals surface area contributed by atoms with Crippen LogP contribution in [-0.4, -0.2) is 11.2 Å². The summed E-state index contributed by atoms with van der Waals surface area (Å²) in [5, 5.41) is 18.6. The Hall–Kier alpha value is -1.33. The first-order valence-corrected chi connectivity index (χ1v) is 5.49. The number of rotatable bonds is 1. The Labute approximate surface area is 90.2 Å². The predicted octanol–water partition coefficient (Wildman–Crippen LogP) is 2.58. The Morgan fingerprint density at radius 2 is 1.80 bits per heavy atom. The third-order valence-corrected chi connectivity index (χ3v) is 3.20. The van der Waals surface area contributed by atoms with E-state index in [4.69, 9.17) is 5.26 Å². The van der Waals surface area contributed by atoms with E-state index in [2.05, 4.69) is 6.07 Å². The normalized spacial score (nSPS) is 25.9. The maximum atomic E-state index is 9.88. The van der Waals surface area contributed by atoms with Crippen molar-refractivity contribution < 1.29 is 5.11 Å². The van der Waals surface area contributed by atoms with Crippen LogP contribution in [0.1, 0.15) is 42.7 Å². The molecule has 0 saturated heterocycles. The average molecular weight is 201 g/mol. The molecule has 2 heteroatoms. The number of aliphatic hydroxyl groups excluding tert-OH is 1. The quantitative estimate of drug-likeness (QED) is 0.759. The van der Waals surface area contributed by atoms with E-state index in [0.717, 1.165) is 19.3 Å². The summed E-state index contributed by atoms with van der Waals surface area (Å²) in [7, 11) is 0. The van der Waals surface area contributed by atoms with E-state index in [1.807, 2.05) is 24.3 Å². The Kier molecular flexibility index (Phi) is 3.03. The molecule has 2 rings (SSSR count). The van der Waals surface area contributed by atoms with Crippen LogP contribution in [0, 0.1) is 11.3 Å². The summed E-state index contributed by atoms with van der Waals surface area (Å²) in [6.07, 6.45) is 4.10. The van der Waals surface area contributed by atoms with E-state index in [1.165, 1.54) is 12.0 Å². The van der Waals surface area contributed by atoms with Gasteiger partial charge in [-0.3, -0.25) is 0 Å². The van der Waals surface area contributed by atoms with Crippen molar-refractivity contribution in [3.8, 4) is 6.07 Å². The summed E-state index contributed by atoms with van der Waals surface area (Å²) < 4.78 is 0. The minimum Gasteiger partial charge on any atom is -0.392 e. The summed E-state index contributed by atoms with van der Waals surface area (Å²) >= 11 is 0. The first-order valence-electron chi connectivity index (χ1n) is 5.49. The smallest absolute Gasteiger partial charge is 0.0991 e. The molecular formula is C13H15NO. The molecule has 1 saturated carbocycles. The predicted molar refractivity (Wildman–Crippen MR) is 58.4 cm³/mol. The minimum atomic E-state index is -0.202. The topological polar surface area (TPSA) is 44.0 Å². The van der Waals surface area contributed by atoms with E-state index < -0.39 is 0 Å². The van der Waals surface area contributed by atoms with Crippen molar-refractivity contribution in [2.24, 2.45) is 0 Å². The molecule has 0 amide bonds. The van der Waals surface area contributed by atoms with E-state index >= 15 is 0 Å². The van der Waals surface area contributed by atoms with Crippen molar-refractivity contribution in [3.05, 3.63) is 35.4 Å². The molecule has 0 spiro atoms. The third kappa shape index (κ3) is 2.19. The van der Waals surface area contributed by atoms with Gasteiger partial charge in [-0.1, -0.05) is 25.0 Å². The summed E-state index contributed by atoms with van der Waals surface area (Å²) in [6, 6.07) is 9.71. The van der Waals surface area contributed by atoms with E-state index in [1.54, 1.807) is 0 Å². The van der Waals surface area contributed by atoms with Gasteiger partial charge in [-0.15, -0.1) is 0 Å². The zero-order valence-corrected chi connectivity index (χ0v) is 8.69. The molecule has 2 atom stereocenters. The highest BCUT2D eigenvalue weighted by Crippen LogP contribution is 2.32. The van der Waals surface area contributed by atoms with Crippen LogP contribution in [0.5, 0.6) is 0 Å². The Bertz CT molecular complexity index is 363. The van der Waals surface area contributed by atoms with Gasteiger partial charge in [0.25, 0.3) is 0 Å². The van der Waals surface area contributed by atoms with Gasteiger partial charge in [-0.2, -0.15) is 5.26 Å². The van der Waals surface area contributed by atoms with Gasteiger partial charge in [-0.25, -0.2) is 0 Å². The highest BCUT2D eigenvalue weighted by Gasteiger charge is 2.24. The standard InChI is InChI=1S/C13H15NO/c14-9-10-5-7-11(8-6-10)12-3-1-2-4-13(12)15/h5-8,12-13,15H,1-4H2. The molecule has 0 aliphatic heterocycles. The van der Waals surface area contributed by atoms with Crippen LogP contribution in [0.4, 0.5) is 0 Å². The number of hydrogen-bond donors (Lipinski definition) is 1. The molecule has 1 aliphatic rings. The van der Waals surface area contributed by atoms with Crippen molar-refractivity contribution in [1.29, 1.82) is 5.26 Å². The Morgan fingerprint density at radius 3 is 2.40 bits per heavy atom.